The zero-order valence-corrected chi connectivity index (χ0v) is 9.14. The Kier molecular flexibility index (Phi) is 3.70. The van der Waals surface area contributed by atoms with Gasteiger partial charge in [0.1, 0.15) is 0 Å². The van der Waals surface area contributed by atoms with Crippen molar-refractivity contribution in [1.29, 1.82) is 0 Å². The quantitative estimate of drug-likeness (QED) is 0.660. The minimum atomic E-state index is 1.11. The summed E-state index contributed by atoms with van der Waals surface area (Å²) in [4.78, 5) is 0. The maximum Gasteiger partial charge on any atom is -0.0155 e. The molecule has 0 saturated heterocycles. The summed E-state index contributed by atoms with van der Waals surface area (Å²) in [7, 11) is 0. The van der Waals surface area contributed by atoms with Crippen molar-refractivity contribution in [2.75, 3.05) is 0 Å². The molecule has 74 valence electrons. The zero-order chi connectivity index (χ0) is 10.6. The van der Waals surface area contributed by atoms with Gasteiger partial charge in [-0.1, -0.05) is 50.8 Å². The maximum atomic E-state index is 3.88. The van der Waals surface area contributed by atoms with Crippen molar-refractivity contribution in [2.24, 2.45) is 0 Å². The Labute approximate surface area is 87.0 Å². The highest BCUT2D eigenvalue weighted by molar-refractivity contribution is 5.68. The number of aryl methyl sites for hydroxylation is 2. The molecule has 0 aliphatic heterocycles. The molecule has 0 heterocycles. The Morgan fingerprint density at radius 3 is 2.29 bits per heavy atom. The van der Waals surface area contributed by atoms with Crippen LogP contribution in [0.4, 0.5) is 0 Å². The molecule has 0 amide bonds. The topological polar surface area (TPSA) is 0 Å². The SMILES string of the molecule is C=Cc1c(C)ccc(CCC)c1C=C. The maximum absolute atomic E-state index is 3.88. The molecule has 0 heteroatoms. The van der Waals surface area contributed by atoms with Gasteiger partial charge in [-0.3, -0.25) is 0 Å². The molecule has 0 N–H and O–H groups in total. The lowest BCUT2D eigenvalue weighted by atomic mass is 9.94. The molecule has 0 aliphatic rings. The molecule has 0 radical (unpaired) electrons. The van der Waals surface area contributed by atoms with Gasteiger partial charge in [-0.05, 0) is 35.6 Å². The smallest absolute Gasteiger partial charge is 0.0155 e. The van der Waals surface area contributed by atoms with Gasteiger partial charge in [0.25, 0.3) is 0 Å². The second kappa shape index (κ2) is 4.80. The van der Waals surface area contributed by atoms with Crippen LogP contribution in [0.2, 0.25) is 0 Å². The molecule has 0 spiro atoms. The molecule has 0 atom stereocenters. The van der Waals surface area contributed by atoms with Crippen LogP contribution in [0.25, 0.3) is 12.2 Å². The summed E-state index contributed by atoms with van der Waals surface area (Å²) in [5, 5.41) is 0. The molecular formula is C14H18. The number of benzene rings is 1. The van der Waals surface area contributed by atoms with E-state index in [2.05, 4.69) is 39.1 Å². The molecule has 0 aliphatic carbocycles. The largest absolute Gasteiger partial charge is 0.0984 e. The predicted molar refractivity (Wildman–Crippen MR) is 65.4 cm³/mol. The average molecular weight is 186 g/mol. The second-order valence-electron chi connectivity index (χ2n) is 3.53. The van der Waals surface area contributed by atoms with Crippen molar-refractivity contribution < 1.29 is 0 Å². The molecule has 0 saturated carbocycles. The van der Waals surface area contributed by atoms with Gasteiger partial charge in [-0.15, -0.1) is 0 Å². The first-order valence-corrected chi connectivity index (χ1v) is 5.12. The van der Waals surface area contributed by atoms with Gasteiger partial charge in [-0.2, -0.15) is 0 Å². The Morgan fingerprint density at radius 2 is 1.79 bits per heavy atom. The Morgan fingerprint density at radius 1 is 1.14 bits per heavy atom. The van der Waals surface area contributed by atoms with Crippen LogP contribution >= 0.6 is 0 Å². The summed E-state index contributed by atoms with van der Waals surface area (Å²) in [5.41, 5.74) is 5.13. The summed E-state index contributed by atoms with van der Waals surface area (Å²) in [5.74, 6) is 0. The molecular weight excluding hydrogens is 168 g/mol. The van der Waals surface area contributed by atoms with Crippen LogP contribution < -0.4 is 0 Å². The lowest BCUT2D eigenvalue weighted by Gasteiger charge is -2.11. The van der Waals surface area contributed by atoms with Crippen molar-refractivity contribution in [3.05, 3.63) is 47.5 Å². The number of hydrogen-bond acceptors (Lipinski definition) is 0. The summed E-state index contributed by atoms with van der Waals surface area (Å²) in [6.07, 6.45) is 6.14. The Hall–Kier alpha value is -1.30. The third-order valence-electron chi connectivity index (χ3n) is 2.52. The van der Waals surface area contributed by atoms with Crippen molar-refractivity contribution in [2.45, 2.75) is 26.7 Å². The minimum absolute atomic E-state index is 1.11. The van der Waals surface area contributed by atoms with Gasteiger partial charge in [-0.25, -0.2) is 0 Å². The molecule has 14 heavy (non-hydrogen) atoms. The summed E-state index contributed by atoms with van der Waals surface area (Å²) >= 11 is 0. The Bertz CT molecular complexity index is 345. The lowest BCUT2D eigenvalue weighted by molar-refractivity contribution is 0.918. The third-order valence-corrected chi connectivity index (χ3v) is 2.52. The highest BCUT2D eigenvalue weighted by Gasteiger charge is 2.04. The average Bonchev–Trinajstić information content (AvgIpc) is 2.20. The highest BCUT2D eigenvalue weighted by atomic mass is 14.1. The van der Waals surface area contributed by atoms with E-state index in [-0.39, 0.29) is 0 Å². The van der Waals surface area contributed by atoms with Gasteiger partial charge in [0.2, 0.25) is 0 Å². The minimum Gasteiger partial charge on any atom is -0.0984 e. The molecule has 0 fully saturated rings. The van der Waals surface area contributed by atoms with Crippen LogP contribution in [-0.4, -0.2) is 0 Å². The van der Waals surface area contributed by atoms with E-state index in [1.54, 1.807) is 0 Å². The fourth-order valence-corrected chi connectivity index (χ4v) is 1.79. The van der Waals surface area contributed by atoms with Crippen LogP contribution in [0.15, 0.2) is 25.3 Å². The monoisotopic (exact) mass is 186 g/mol. The fraction of sp³-hybridized carbons (Fsp3) is 0.286. The van der Waals surface area contributed by atoms with Gasteiger partial charge in [0.15, 0.2) is 0 Å². The molecule has 0 aromatic heterocycles. The van der Waals surface area contributed by atoms with E-state index in [0.29, 0.717) is 0 Å². The van der Waals surface area contributed by atoms with E-state index in [9.17, 15) is 0 Å². The van der Waals surface area contributed by atoms with Crippen LogP contribution in [0.3, 0.4) is 0 Å². The summed E-state index contributed by atoms with van der Waals surface area (Å²) in [6, 6.07) is 4.36. The van der Waals surface area contributed by atoms with Gasteiger partial charge < -0.3 is 0 Å². The van der Waals surface area contributed by atoms with Crippen molar-refractivity contribution in [3.63, 3.8) is 0 Å². The van der Waals surface area contributed by atoms with Crippen LogP contribution in [-0.2, 0) is 6.42 Å². The lowest BCUT2D eigenvalue weighted by Crippen LogP contribution is -1.94. The fourth-order valence-electron chi connectivity index (χ4n) is 1.79. The first-order chi connectivity index (χ1) is 6.74. The van der Waals surface area contributed by atoms with Crippen LogP contribution in [0.5, 0.6) is 0 Å². The summed E-state index contributed by atoms with van der Waals surface area (Å²) < 4.78 is 0. The summed E-state index contributed by atoms with van der Waals surface area (Å²) in [6.45, 7) is 12.0. The van der Waals surface area contributed by atoms with E-state index < -0.39 is 0 Å². The van der Waals surface area contributed by atoms with E-state index in [1.807, 2.05) is 12.2 Å². The van der Waals surface area contributed by atoms with Gasteiger partial charge in [0, 0.05) is 0 Å². The molecule has 1 aromatic carbocycles. The van der Waals surface area contributed by atoms with Crippen molar-refractivity contribution >= 4 is 12.2 Å². The molecule has 1 rings (SSSR count). The number of rotatable bonds is 4. The normalized spacial score (nSPS) is 9.86. The number of hydrogen-bond donors (Lipinski definition) is 0. The van der Waals surface area contributed by atoms with Gasteiger partial charge in [0.05, 0.1) is 0 Å². The first kappa shape index (κ1) is 10.8. The van der Waals surface area contributed by atoms with Crippen molar-refractivity contribution in [1.82, 2.24) is 0 Å². The molecule has 0 bridgehead atoms. The van der Waals surface area contributed by atoms with Crippen molar-refractivity contribution in [3.8, 4) is 0 Å². The zero-order valence-electron chi connectivity index (χ0n) is 9.14. The van der Waals surface area contributed by atoms with E-state index in [1.165, 1.54) is 28.7 Å². The second-order valence-corrected chi connectivity index (χ2v) is 3.53. The van der Waals surface area contributed by atoms with Crippen LogP contribution in [0.1, 0.15) is 35.6 Å². The standard InChI is InChI=1S/C14H18/c1-5-8-12-10-9-11(4)13(6-2)14(12)7-3/h6-7,9-10H,2-3,5,8H2,1,4H3. The highest BCUT2D eigenvalue weighted by Crippen LogP contribution is 2.22. The Balaban J connectivity index is 3.32. The molecule has 0 unspecified atom stereocenters. The van der Waals surface area contributed by atoms with Crippen LogP contribution in [0, 0.1) is 6.92 Å². The van der Waals surface area contributed by atoms with E-state index in [0.717, 1.165) is 6.42 Å². The van der Waals surface area contributed by atoms with E-state index >= 15 is 0 Å². The van der Waals surface area contributed by atoms with Gasteiger partial charge >= 0.3 is 0 Å². The third kappa shape index (κ3) is 1.95. The first-order valence-electron chi connectivity index (χ1n) is 5.12. The molecule has 0 nitrogen and oxygen atoms in total. The molecule has 1 aromatic rings. The van der Waals surface area contributed by atoms with E-state index in [4.69, 9.17) is 0 Å². The predicted octanol–water partition coefficient (Wildman–Crippen LogP) is 4.23.